The van der Waals surface area contributed by atoms with Gasteiger partial charge in [0.15, 0.2) is 0 Å². The lowest BCUT2D eigenvalue weighted by Gasteiger charge is -2.36. The molecule has 0 amide bonds. The fourth-order valence-electron chi connectivity index (χ4n) is 8.85. The van der Waals surface area contributed by atoms with Gasteiger partial charge in [0.1, 0.15) is 23.1 Å². The third-order valence-corrected chi connectivity index (χ3v) is 11.3. The predicted octanol–water partition coefficient (Wildman–Crippen LogP) is 9.45. The Labute approximate surface area is 297 Å². The highest BCUT2D eigenvalue weighted by atomic mass is 16.5. The van der Waals surface area contributed by atoms with E-state index in [1.807, 2.05) is 12.4 Å². The number of aromatic nitrogens is 4. The van der Waals surface area contributed by atoms with Crippen molar-refractivity contribution in [2.24, 2.45) is 0 Å². The molecule has 7 heteroatoms. The molecule has 246 valence electrons. The summed E-state index contributed by atoms with van der Waals surface area (Å²) in [5, 5.41) is 2.35. The Bertz CT molecular complexity index is 2700. The summed E-state index contributed by atoms with van der Waals surface area (Å²) in [7, 11) is 2.17. The number of hydrogen-bond donors (Lipinski definition) is 0. The number of anilines is 1. The third kappa shape index (κ3) is 4.18. The number of benzene rings is 5. The molecule has 0 atom stereocenters. The summed E-state index contributed by atoms with van der Waals surface area (Å²) in [5.74, 6) is 3.40. The predicted molar refractivity (Wildman–Crippen MR) is 209 cm³/mol. The molecule has 0 fully saturated rings. The van der Waals surface area contributed by atoms with Crippen LogP contribution in [0.1, 0.15) is 36.1 Å². The van der Waals surface area contributed by atoms with Crippen LogP contribution >= 0.6 is 0 Å². The monoisotopic (exact) mass is 661 g/mol. The molecule has 0 N–H and O–H groups in total. The van der Waals surface area contributed by atoms with Gasteiger partial charge in [-0.05, 0) is 85.5 Å². The van der Waals surface area contributed by atoms with E-state index in [2.05, 4.69) is 164 Å². The molecule has 2 aliphatic rings. The number of rotatable bonds is 4. The summed E-state index contributed by atoms with van der Waals surface area (Å²) in [6.45, 7) is 9.02. The second kappa shape index (κ2) is 10.7. The Morgan fingerprint density at radius 1 is 0.667 bits per heavy atom. The van der Waals surface area contributed by atoms with Gasteiger partial charge in [-0.3, -0.25) is 4.57 Å². The average Bonchev–Trinajstić information content (AvgIpc) is 3.81. The van der Waals surface area contributed by atoms with Crippen molar-refractivity contribution in [3.63, 3.8) is 0 Å². The van der Waals surface area contributed by atoms with Crippen LogP contribution in [0.3, 0.4) is 0 Å². The Hall–Kier alpha value is -6.08. The first-order valence-corrected chi connectivity index (χ1v) is 17.6. The molecule has 0 bridgehead atoms. The SMILES string of the molecule is Cc1cccc(C)c1B1N(C)c2ccc(Oc3ccc4c5ccccc5n(-c5nccc6c5-c5ccccc5C6(C)C)c4c3)cc2-c2nccn21. The van der Waals surface area contributed by atoms with Crippen LogP contribution in [0.15, 0.2) is 128 Å². The number of imidazole rings is 1. The topological polar surface area (TPSA) is 48.1 Å². The van der Waals surface area contributed by atoms with Crippen LogP contribution in [0.4, 0.5) is 5.69 Å². The van der Waals surface area contributed by atoms with Crippen molar-refractivity contribution in [2.75, 3.05) is 11.9 Å². The van der Waals surface area contributed by atoms with E-state index in [1.54, 1.807) is 0 Å². The molecule has 8 aromatic rings. The van der Waals surface area contributed by atoms with Crippen LogP contribution in [-0.4, -0.2) is 33.0 Å². The lowest BCUT2D eigenvalue weighted by molar-refractivity contribution is 0.483. The summed E-state index contributed by atoms with van der Waals surface area (Å²) in [5.41, 5.74) is 13.1. The molecule has 10 rings (SSSR count). The zero-order valence-electron chi connectivity index (χ0n) is 29.3. The first-order chi connectivity index (χ1) is 24.8. The highest BCUT2D eigenvalue weighted by Crippen LogP contribution is 2.51. The van der Waals surface area contributed by atoms with E-state index < -0.39 is 0 Å². The minimum atomic E-state index is -0.120. The largest absolute Gasteiger partial charge is 0.457 e. The zero-order valence-corrected chi connectivity index (χ0v) is 29.3. The van der Waals surface area contributed by atoms with Crippen LogP contribution in [0.5, 0.6) is 11.5 Å². The molecule has 0 spiro atoms. The van der Waals surface area contributed by atoms with Crippen molar-refractivity contribution < 1.29 is 4.74 Å². The smallest absolute Gasteiger partial charge is 0.417 e. The van der Waals surface area contributed by atoms with E-state index in [0.717, 1.165) is 50.8 Å². The van der Waals surface area contributed by atoms with Gasteiger partial charge in [0, 0.05) is 57.7 Å². The zero-order chi connectivity index (χ0) is 34.6. The maximum Gasteiger partial charge on any atom is 0.417 e. The molecular weight excluding hydrogens is 625 g/mol. The standard InChI is InChI=1S/C44H36BN5O/c1-27-11-10-12-28(2)41(27)45-48(5)37-20-18-29(25-34(37)42-47-23-24-49(42)45)51-30-17-19-32-31-13-7-9-16-38(31)50(39(32)26-30)43-40-33-14-6-8-15-35(33)44(3,4)36(40)21-22-46-43/h6-26H,1-5H3. The van der Waals surface area contributed by atoms with Gasteiger partial charge in [-0.15, -0.1) is 0 Å². The van der Waals surface area contributed by atoms with Crippen molar-refractivity contribution >= 4 is 39.9 Å². The maximum absolute atomic E-state index is 6.71. The second-order valence-electron chi connectivity index (χ2n) is 14.5. The molecule has 6 nitrogen and oxygen atoms in total. The number of fused-ring (bicyclic) bond motifs is 9. The molecule has 3 aromatic heterocycles. The highest BCUT2D eigenvalue weighted by Gasteiger charge is 2.39. The Morgan fingerprint density at radius 2 is 1.41 bits per heavy atom. The van der Waals surface area contributed by atoms with Crippen LogP contribution in [0.2, 0.25) is 0 Å². The lowest BCUT2D eigenvalue weighted by atomic mass is 9.60. The van der Waals surface area contributed by atoms with Crippen molar-refractivity contribution in [1.29, 1.82) is 0 Å². The maximum atomic E-state index is 6.71. The number of nitrogens with zero attached hydrogens (tertiary/aromatic N) is 5. The van der Waals surface area contributed by atoms with Crippen LogP contribution in [0.25, 0.3) is 50.1 Å². The summed E-state index contributed by atoms with van der Waals surface area (Å²) in [6.07, 6.45) is 5.94. The Morgan fingerprint density at radius 3 is 2.27 bits per heavy atom. The second-order valence-corrected chi connectivity index (χ2v) is 14.5. The fourth-order valence-corrected chi connectivity index (χ4v) is 8.85. The highest BCUT2D eigenvalue weighted by molar-refractivity contribution is 6.77. The summed E-state index contributed by atoms with van der Waals surface area (Å²) in [6, 6.07) is 38.8. The summed E-state index contributed by atoms with van der Waals surface area (Å²) in [4.78, 5) is 12.3. The lowest BCUT2D eigenvalue weighted by Crippen LogP contribution is -2.56. The van der Waals surface area contributed by atoms with Gasteiger partial charge in [0.2, 0.25) is 0 Å². The Kier molecular flexibility index (Phi) is 6.26. The van der Waals surface area contributed by atoms with Gasteiger partial charge in [0.05, 0.1) is 11.0 Å². The fraction of sp³-hybridized carbons (Fsp3) is 0.136. The van der Waals surface area contributed by atoms with Gasteiger partial charge in [0.25, 0.3) is 0 Å². The molecule has 0 saturated carbocycles. The van der Waals surface area contributed by atoms with Gasteiger partial charge < -0.3 is 14.0 Å². The summed E-state index contributed by atoms with van der Waals surface area (Å²) < 4.78 is 11.3. The van der Waals surface area contributed by atoms with E-state index in [9.17, 15) is 0 Å². The molecular formula is C44H36BN5O. The van der Waals surface area contributed by atoms with Crippen LogP contribution < -0.4 is 15.0 Å². The molecule has 4 heterocycles. The van der Waals surface area contributed by atoms with Crippen LogP contribution in [0, 0.1) is 13.8 Å². The van der Waals surface area contributed by atoms with E-state index in [0.29, 0.717) is 0 Å². The third-order valence-electron chi connectivity index (χ3n) is 11.3. The van der Waals surface area contributed by atoms with Crippen molar-refractivity contribution in [2.45, 2.75) is 33.1 Å². The number of hydrogen-bond acceptors (Lipinski definition) is 4. The molecule has 0 saturated heterocycles. The van der Waals surface area contributed by atoms with Crippen molar-refractivity contribution in [3.05, 3.63) is 150 Å². The van der Waals surface area contributed by atoms with Crippen molar-refractivity contribution in [1.82, 2.24) is 19.0 Å². The van der Waals surface area contributed by atoms with Gasteiger partial charge in [-0.25, -0.2) is 9.97 Å². The van der Waals surface area contributed by atoms with E-state index in [1.165, 1.54) is 44.2 Å². The minimum absolute atomic E-state index is 0.0119. The molecule has 1 aliphatic carbocycles. The number of pyridine rings is 1. The van der Waals surface area contributed by atoms with Gasteiger partial charge >= 0.3 is 6.98 Å². The van der Waals surface area contributed by atoms with Crippen LogP contribution in [-0.2, 0) is 5.41 Å². The minimum Gasteiger partial charge on any atom is -0.457 e. The number of ether oxygens (including phenoxy) is 1. The quantitative estimate of drug-likeness (QED) is 0.176. The molecule has 0 radical (unpaired) electrons. The normalized spacial score (nSPS) is 14.1. The number of para-hydroxylation sites is 1. The van der Waals surface area contributed by atoms with Crippen molar-refractivity contribution in [3.8, 4) is 39.8 Å². The molecule has 1 aliphatic heterocycles. The van der Waals surface area contributed by atoms with E-state index >= 15 is 0 Å². The molecule has 0 unspecified atom stereocenters. The summed E-state index contributed by atoms with van der Waals surface area (Å²) >= 11 is 0. The van der Waals surface area contributed by atoms with E-state index in [-0.39, 0.29) is 12.4 Å². The van der Waals surface area contributed by atoms with Gasteiger partial charge in [-0.1, -0.05) is 85.6 Å². The van der Waals surface area contributed by atoms with Gasteiger partial charge in [-0.2, -0.15) is 0 Å². The number of aryl methyl sites for hydroxylation is 2. The molecule has 51 heavy (non-hydrogen) atoms. The Balaban J connectivity index is 1.09. The first kappa shape index (κ1) is 29.8. The molecule has 5 aromatic carbocycles. The first-order valence-electron chi connectivity index (χ1n) is 17.6. The van der Waals surface area contributed by atoms with E-state index in [4.69, 9.17) is 14.7 Å². The average molecular weight is 662 g/mol.